The van der Waals surface area contributed by atoms with Gasteiger partial charge in [-0.2, -0.15) is 8.78 Å². The second kappa shape index (κ2) is 6.05. The lowest BCUT2D eigenvalue weighted by Gasteiger charge is -2.19. The van der Waals surface area contributed by atoms with Crippen LogP contribution in [0.4, 0.5) is 8.78 Å². The molecule has 0 aromatic carbocycles. The molecule has 1 heterocycles. The second-order valence-corrected chi connectivity index (χ2v) is 5.20. The fourth-order valence-electron chi connectivity index (χ4n) is 1.12. The first-order valence-corrected chi connectivity index (χ1v) is 6.31. The number of carboxylic acids is 1. The van der Waals surface area contributed by atoms with Gasteiger partial charge in [0.1, 0.15) is 11.3 Å². The molecule has 1 aromatic rings. The standard InChI is InChI=1S/C11H13F2NO4S/c1-11(2,9(16)17)14-8(15)7-4-3-6(18-7)5-19-10(12)13/h3-4,10H,5H2,1-2H3,(H,14,15)(H,16,17). The van der Waals surface area contributed by atoms with Crippen molar-refractivity contribution in [3.63, 3.8) is 0 Å². The zero-order chi connectivity index (χ0) is 14.6. The molecule has 0 aliphatic carbocycles. The van der Waals surface area contributed by atoms with Crippen LogP contribution >= 0.6 is 11.8 Å². The number of furan rings is 1. The van der Waals surface area contributed by atoms with Gasteiger partial charge >= 0.3 is 5.97 Å². The quantitative estimate of drug-likeness (QED) is 0.841. The van der Waals surface area contributed by atoms with E-state index < -0.39 is 23.2 Å². The molecule has 0 bridgehead atoms. The number of aliphatic carboxylic acids is 1. The molecule has 5 nitrogen and oxygen atoms in total. The van der Waals surface area contributed by atoms with Crippen LogP contribution in [0.1, 0.15) is 30.2 Å². The molecule has 1 amide bonds. The molecular formula is C11H13F2NO4S. The predicted octanol–water partition coefficient (Wildman–Crippen LogP) is 2.33. The van der Waals surface area contributed by atoms with Crippen LogP contribution in [0.15, 0.2) is 16.5 Å². The van der Waals surface area contributed by atoms with Crippen molar-refractivity contribution in [1.82, 2.24) is 5.32 Å². The average Bonchev–Trinajstić information content (AvgIpc) is 2.74. The number of hydrogen-bond acceptors (Lipinski definition) is 4. The van der Waals surface area contributed by atoms with Gasteiger partial charge < -0.3 is 14.8 Å². The molecule has 106 valence electrons. The molecule has 2 N–H and O–H groups in total. The van der Waals surface area contributed by atoms with Gasteiger partial charge in [-0.05, 0) is 26.0 Å². The van der Waals surface area contributed by atoms with Crippen molar-refractivity contribution in [2.45, 2.75) is 30.9 Å². The van der Waals surface area contributed by atoms with Crippen LogP contribution in [-0.4, -0.2) is 28.3 Å². The van der Waals surface area contributed by atoms with Crippen LogP contribution in [0.25, 0.3) is 0 Å². The molecule has 0 saturated carbocycles. The van der Waals surface area contributed by atoms with Crippen molar-refractivity contribution in [3.05, 3.63) is 23.7 Å². The highest BCUT2D eigenvalue weighted by Gasteiger charge is 2.30. The van der Waals surface area contributed by atoms with Crippen LogP contribution in [0, 0.1) is 0 Å². The molecule has 19 heavy (non-hydrogen) atoms. The smallest absolute Gasteiger partial charge is 0.328 e. The highest BCUT2D eigenvalue weighted by atomic mass is 32.2. The lowest BCUT2D eigenvalue weighted by Crippen LogP contribution is -2.49. The zero-order valence-corrected chi connectivity index (χ0v) is 11.1. The molecule has 0 fully saturated rings. The molecule has 0 aliphatic heterocycles. The number of amides is 1. The predicted molar refractivity (Wildman–Crippen MR) is 65.2 cm³/mol. The molecule has 0 unspecified atom stereocenters. The fraction of sp³-hybridized carbons (Fsp3) is 0.455. The summed E-state index contributed by atoms with van der Waals surface area (Å²) < 4.78 is 29.0. The number of hydrogen-bond donors (Lipinski definition) is 2. The summed E-state index contributed by atoms with van der Waals surface area (Å²) in [5.74, 6) is -4.37. The van der Waals surface area contributed by atoms with Gasteiger partial charge in [-0.3, -0.25) is 4.79 Å². The number of carbonyl (C=O) groups is 2. The Morgan fingerprint density at radius 3 is 2.63 bits per heavy atom. The number of nitrogens with one attached hydrogen (secondary N) is 1. The summed E-state index contributed by atoms with van der Waals surface area (Å²) in [6, 6.07) is 2.71. The van der Waals surface area contributed by atoms with Crippen LogP contribution in [0.3, 0.4) is 0 Å². The zero-order valence-electron chi connectivity index (χ0n) is 10.3. The maximum atomic E-state index is 12.0. The Morgan fingerprint density at radius 2 is 2.11 bits per heavy atom. The maximum Gasteiger partial charge on any atom is 0.328 e. The topological polar surface area (TPSA) is 79.5 Å². The van der Waals surface area contributed by atoms with E-state index in [0.717, 1.165) is 0 Å². The lowest BCUT2D eigenvalue weighted by molar-refractivity contribution is -0.143. The summed E-state index contributed by atoms with van der Waals surface area (Å²) in [6.07, 6.45) is 0. The Hall–Kier alpha value is -1.57. The summed E-state index contributed by atoms with van der Waals surface area (Å²) in [5, 5.41) is 11.1. The molecule has 1 rings (SSSR count). The Bertz CT molecular complexity index is 473. The monoisotopic (exact) mass is 293 g/mol. The SMILES string of the molecule is CC(C)(NC(=O)c1ccc(CSC(F)F)o1)C(=O)O. The Labute approximate surface area is 112 Å². The van der Waals surface area contributed by atoms with Crippen molar-refractivity contribution in [2.24, 2.45) is 0 Å². The number of carbonyl (C=O) groups excluding carboxylic acids is 1. The second-order valence-electron chi connectivity index (χ2n) is 4.22. The first-order valence-electron chi connectivity index (χ1n) is 5.27. The Balaban J connectivity index is 2.66. The van der Waals surface area contributed by atoms with E-state index >= 15 is 0 Å². The van der Waals surface area contributed by atoms with E-state index in [4.69, 9.17) is 9.52 Å². The van der Waals surface area contributed by atoms with Gasteiger partial charge in [-0.25, -0.2) is 4.79 Å². The summed E-state index contributed by atoms with van der Waals surface area (Å²) in [5.41, 5.74) is -1.44. The minimum atomic E-state index is -2.52. The van der Waals surface area contributed by atoms with Crippen LogP contribution < -0.4 is 5.32 Å². The number of carboxylic acid groups (broad SMARTS) is 1. The third kappa shape index (κ3) is 4.55. The molecule has 0 spiro atoms. The number of alkyl halides is 2. The lowest BCUT2D eigenvalue weighted by atomic mass is 10.1. The number of halogens is 2. The van der Waals surface area contributed by atoms with Crippen LogP contribution in [0.5, 0.6) is 0 Å². The van der Waals surface area contributed by atoms with Gasteiger partial charge in [0.05, 0.1) is 5.75 Å². The average molecular weight is 293 g/mol. The van der Waals surface area contributed by atoms with Gasteiger partial charge in [0.15, 0.2) is 5.76 Å². The van der Waals surface area contributed by atoms with Crippen LogP contribution in [-0.2, 0) is 10.5 Å². The minimum Gasteiger partial charge on any atom is -0.480 e. The molecule has 1 aromatic heterocycles. The Morgan fingerprint density at radius 1 is 1.47 bits per heavy atom. The largest absolute Gasteiger partial charge is 0.480 e. The summed E-state index contributed by atoms with van der Waals surface area (Å²) in [6.45, 7) is 2.65. The molecule has 0 radical (unpaired) electrons. The maximum absolute atomic E-state index is 12.0. The number of thioether (sulfide) groups is 1. The van der Waals surface area contributed by atoms with Crippen molar-refractivity contribution < 1.29 is 27.9 Å². The van der Waals surface area contributed by atoms with Crippen molar-refractivity contribution in [1.29, 1.82) is 0 Å². The van der Waals surface area contributed by atoms with Gasteiger partial charge in [-0.15, -0.1) is 0 Å². The summed E-state index contributed by atoms with van der Waals surface area (Å²) in [4.78, 5) is 22.5. The fourth-order valence-corrected chi connectivity index (χ4v) is 1.57. The molecular weight excluding hydrogens is 280 g/mol. The van der Waals surface area contributed by atoms with E-state index in [9.17, 15) is 18.4 Å². The highest BCUT2D eigenvalue weighted by Crippen LogP contribution is 2.21. The van der Waals surface area contributed by atoms with Gasteiger partial charge in [0.25, 0.3) is 11.7 Å². The van der Waals surface area contributed by atoms with Crippen molar-refractivity contribution in [2.75, 3.05) is 0 Å². The van der Waals surface area contributed by atoms with E-state index in [0.29, 0.717) is 11.8 Å². The van der Waals surface area contributed by atoms with E-state index in [1.54, 1.807) is 0 Å². The van der Waals surface area contributed by atoms with E-state index in [2.05, 4.69) is 5.32 Å². The van der Waals surface area contributed by atoms with E-state index in [1.165, 1.54) is 26.0 Å². The third-order valence-corrected chi connectivity index (χ3v) is 2.90. The van der Waals surface area contributed by atoms with E-state index in [1.807, 2.05) is 0 Å². The first kappa shape index (κ1) is 15.5. The molecule has 0 atom stereocenters. The van der Waals surface area contributed by atoms with E-state index in [-0.39, 0.29) is 17.3 Å². The van der Waals surface area contributed by atoms with Crippen molar-refractivity contribution >= 4 is 23.6 Å². The molecule has 0 saturated heterocycles. The van der Waals surface area contributed by atoms with Crippen molar-refractivity contribution in [3.8, 4) is 0 Å². The normalized spacial score (nSPS) is 11.6. The molecule has 8 heteroatoms. The minimum absolute atomic E-state index is 0.0622. The van der Waals surface area contributed by atoms with Gasteiger partial charge in [0.2, 0.25) is 0 Å². The van der Waals surface area contributed by atoms with Gasteiger partial charge in [-0.1, -0.05) is 11.8 Å². The summed E-state index contributed by atoms with van der Waals surface area (Å²) >= 11 is 0.375. The highest BCUT2D eigenvalue weighted by molar-refractivity contribution is 7.98. The first-order chi connectivity index (χ1) is 8.72. The summed E-state index contributed by atoms with van der Waals surface area (Å²) in [7, 11) is 0. The van der Waals surface area contributed by atoms with Crippen LogP contribution in [0.2, 0.25) is 0 Å². The van der Waals surface area contributed by atoms with Gasteiger partial charge in [0, 0.05) is 0 Å². The molecule has 0 aliphatic rings. The Kier molecular flexibility index (Phi) is 4.93. The third-order valence-electron chi connectivity index (χ3n) is 2.20. The number of rotatable bonds is 6.